The molecule has 12 heavy (non-hydrogen) atoms. The van der Waals surface area contributed by atoms with Crippen molar-refractivity contribution in [2.24, 2.45) is 0 Å². The van der Waals surface area contributed by atoms with Crippen molar-refractivity contribution in [3.63, 3.8) is 0 Å². The molecule has 0 saturated carbocycles. The van der Waals surface area contributed by atoms with Gasteiger partial charge >= 0.3 is 0 Å². The van der Waals surface area contributed by atoms with E-state index in [9.17, 15) is 0 Å². The van der Waals surface area contributed by atoms with Gasteiger partial charge in [-0.05, 0) is 23.6 Å². The molecular formula is C10H13NO. The molecule has 1 aromatic rings. The SMILES string of the molecule is CC1NCc2c(CO)cccc21. The van der Waals surface area contributed by atoms with Crippen LogP contribution in [-0.2, 0) is 13.2 Å². The number of rotatable bonds is 1. The molecule has 2 N–H and O–H groups in total. The average molecular weight is 163 g/mol. The number of benzene rings is 1. The predicted octanol–water partition coefficient (Wildman–Crippen LogP) is 1.34. The van der Waals surface area contributed by atoms with E-state index >= 15 is 0 Å². The summed E-state index contributed by atoms with van der Waals surface area (Å²) < 4.78 is 0. The summed E-state index contributed by atoms with van der Waals surface area (Å²) in [6.45, 7) is 3.19. The monoisotopic (exact) mass is 163 g/mol. The minimum absolute atomic E-state index is 0.150. The lowest BCUT2D eigenvalue weighted by Gasteiger charge is -2.05. The molecule has 64 valence electrons. The maximum absolute atomic E-state index is 9.06. The Hall–Kier alpha value is -0.860. The number of nitrogens with one attached hydrogen (secondary N) is 1. The first-order valence-electron chi connectivity index (χ1n) is 4.28. The fourth-order valence-electron chi connectivity index (χ4n) is 1.79. The molecule has 0 spiro atoms. The zero-order chi connectivity index (χ0) is 8.55. The van der Waals surface area contributed by atoms with E-state index in [-0.39, 0.29) is 6.61 Å². The van der Waals surface area contributed by atoms with Crippen LogP contribution in [0.4, 0.5) is 0 Å². The fraction of sp³-hybridized carbons (Fsp3) is 0.400. The van der Waals surface area contributed by atoms with Crippen molar-refractivity contribution in [2.45, 2.75) is 26.1 Å². The Kier molecular flexibility index (Phi) is 1.87. The maximum atomic E-state index is 9.06. The smallest absolute Gasteiger partial charge is 0.0685 e. The molecule has 2 nitrogen and oxygen atoms in total. The number of fused-ring (bicyclic) bond motifs is 1. The Morgan fingerprint density at radius 2 is 2.42 bits per heavy atom. The van der Waals surface area contributed by atoms with Gasteiger partial charge in [0.05, 0.1) is 6.61 Å². The van der Waals surface area contributed by atoms with Crippen molar-refractivity contribution in [1.29, 1.82) is 0 Å². The second kappa shape index (κ2) is 2.88. The highest BCUT2D eigenvalue weighted by atomic mass is 16.3. The number of aliphatic hydroxyl groups excluding tert-OH is 1. The Morgan fingerprint density at radius 1 is 1.58 bits per heavy atom. The minimum atomic E-state index is 0.150. The molecule has 0 aliphatic carbocycles. The van der Waals surface area contributed by atoms with Gasteiger partial charge in [-0.15, -0.1) is 0 Å². The van der Waals surface area contributed by atoms with Gasteiger partial charge in [0.25, 0.3) is 0 Å². The van der Waals surface area contributed by atoms with Crippen LogP contribution in [0.1, 0.15) is 29.7 Å². The zero-order valence-electron chi connectivity index (χ0n) is 7.17. The number of hydrogen-bond donors (Lipinski definition) is 2. The van der Waals surface area contributed by atoms with E-state index in [1.54, 1.807) is 0 Å². The Morgan fingerprint density at radius 3 is 3.17 bits per heavy atom. The van der Waals surface area contributed by atoms with Crippen LogP contribution in [0.3, 0.4) is 0 Å². The second-order valence-corrected chi connectivity index (χ2v) is 3.25. The number of aliphatic hydroxyl groups is 1. The largest absolute Gasteiger partial charge is 0.392 e. The van der Waals surface area contributed by atoms with Gasteiger partial charge in [0.2, 0.25) is 0 Å². The van der Waals surface area contributed by atoms with Crippen molar-refractivity contribution in [3.8, 4) is 0 Å². The lowest BCUT2D eigenvalue weighted by Crippen LogP contribution is -2.07. The molecule has 0 aromatic heterocycles. The van der Waals surface area contributed by atoms with Gasteiger partial charge in [-0.25, -0.2) is 0 Å². The zero-order valence-corrected chi connectivity index (χ0v) is 7.17. The van der Waals surface area contributed by atoms with E-state index in [1.807, 2.05) is 12.1 Å². The lowest BCUT2D eigenvalue weighted by atomic mass is 10.0. The first-order valence-corrected chi connectivity index (χ1v) is 4.28. The van der Waals surface area contributed by atoms with Crippen LogP contribution < -0.4 is 5.32 Å². The third-order valence-corrected chi connectivity index (χ3v) is 2.53. The quantitative estimate of drug-likeness (QED) is 0.655. The van der Waals surface area contributed by atoms with Gasteiger partial charge in [-0.2, -0.15) is 0 Å². The second-order valence-electron chi connectivity index (χ2n) is 3.25. The van der Waals surface area contributed by atoms with Crippen LogP contribution >= 0.6 is 0 Å². The Bertz CT molecular complexity index is 296. The molecule has 1 heterocycles. The highest BCUT2D eigenvalue weighted by Crippen LogP contribution is 2.27. The normalized spacial score (nSPS) is 21.0. The molecule has 1 aliphatic heterocycles. The van der Waals surface area contributed by atoms with Gasteiger partial charge in [-0.3, -0.25) is 0 Å². The third-order valence-electron chi connectivity index (χ3n) is 2.53. The van der Waals surface area contributed by atoms with E-state index in [0.717, 1.165) is 12.1 Å². The van der Waals surface area contributed by atoms with Gasteiger partial charge in [0.1, 0.15) is 0 Å². The van der Waals surface area contributed by atoms with Crippen molar-refractivity contribution < 1.29 is 5.11 Å². The summed E-state index contributed by atoms with van der Waals surface area (Å²) >= 11 is 0. The summed E-state index contributed by atoms with van der Waals surface area (Å²) in [6.07, 6.45) is 0. The highest BCUT2D eigenvalue weighted by Gasteiger charge is 2.19. The molecule has 2 rings (SSSR count). The Labute approximate surface area is 72.2 Å². The van der Waals surface area contributed by atoms with E-state index in [1.165, 1.54) is 11.1 Å². The molecule has 1 atom stereocenters. The van der Waals surface area contributed by atoms with E-state index in [2.05, 4.69) is 18.3 Å². The van der Waals surface area contributed by atoms with Gasteiger partial charge < -0.3 is 10.4 Å². The third kappa shape index (κ3) is 1.04. The number of hydrogen-bond acceptors (Lipinski definition) is 2. The molecule has 1 unspecified atom stereocenters. The molecule has 0 saturated heterocycles. The van der Waals surface area contributed by atoms with Crippen LogP contribution in [-0.4, -0.2) is 5.11 Å². The van der Waals surface area contributed by atoms with Gasteiger partial charge in [0.15, 0.2) is 0 Å². The molecule has 0 amide bonds. The van der Waals surface area contributed by atoms with Crippen molar-refractivity contribution in [2.75, 3.05) is 0 Å². The van der Waals surface area contributed by atoms with Crippen LogP contribution in [0, 0.1) is 0 Å². The Balaban J connectivity index is 2.50. The summed E-state index contributed by atoms with van der Waals surface area (Å²) in [5.74, 6) is 0. The standard InChI is InChI=1S/C10H13NO/c1-7-9-4-2-3-8(6-12)10(9)5-11-7/h2-4,7,11-12H,5-6H2,1H3. The van der Waals surface area contributed by atoms with Crippen molar-refractivity contribution >= 4 is 0 Å². The van der Waals surface area contributed by atoms with Gasteiger partial charge in [0, 0.05) is 12.6 Å². The van der Waals surface area contributed by atoms with E-state index in [4.69, 9.17) is 5.11 Å². The maximum Gasteiger partial charge on any atom is 0.0685 e. The molecular weight excluding hydrogens is 150 g/mol. The topological polar surface area (TPSA) is 32.3 Å². The average Bonchev–Trinajstić information content (AvgIpc) is 2.48. The summed E-state index contributed by atoms with van der Waals surface area (Å²) in [5.41, 5.74) is 3.68. The van der Waals surface area contributed by atoms with E-state index in [0.29, 0.717) is 6.04 Å². The summed E-state index contributed by atoms with van der Waals surface area (Å²) in [5, 5.41) is 12.4. The first-order chi connectivity index (χ1) is 5.83. The van der Waals surface area contributed by atoms with Crippen LogP contribution in [0.15, 0.2) is 18.2 Å². The first kappa shape index (κ1) is 7.77. The molecule has 0 fully saturated rings. The molecule has 0 bridgehead atoms. The van der Waals surface area contributed by atoms with E-state index < -0.39 is 0 Å². The van der Waals surface area contributed by atoms with Crippen molar-refractivity contribution in [1.82, 2.24) is 5.32 Å². The summed E-state index contributed by atoms with van der Waals surface area (Å²) in [6, 6.07) is 6.55. The van der Waals surface area contributed by atoms with Crippen LogP contribution in [0.5, 0.6) is 0 Å². The summed E-state index contributed by atoms with van der Waals surface area (Å²) in [7, 11) is 0. The lowest BCUT2D eigenvalue weighted by molar-refractivity contribution is 0.280. The fourth-order valence-corrected chi connectivity index (χ4v) is 1.79. The molecule has 0 radical (unpaired) electrons. The van der Waals surface area contributed by atoms with Crippen LogP contribution in [0.2, 0.25) is 0 Å². The van der Waals surface area contributed by atoms with Crippen LogP contribution in [0.25, 0.3) is 0 Å². The predicted molar refractivity (Wildman–Crippen MR) is 47.6 cm³/mol. The summed E-state index contributed by atoms with van der Waals surface area (Å²) in [4.78, 5) is 0. The minimum Gasteiger partial charge on any atom is -0.392 e. The van der Waals surface area contributed by atoms with Crippen molar-refractivity contribution in [3.05, 3.63) is 34.9 Å². The molecule has 2 heteroatoms. The highest BCUT2D eigenvalue weighted by molar-refractivity contribution is 5.39. The molecule has 1 aromatic carbocycles. The molecule has 1 aliphatic rings. The van der Waals surface area contributed by atoms with Gasteiger partial charge in [-0.1, -0.05) is 18.2 Å².